The predicted molar refractivity (Wildman–Crippen MR) is 161 cm³/mol. The van der Waals surface area contributed by atoms with Gasteiger partial charge in [-0.2, -0.15) is 0 Å². The number of nitro groups is 1. The Balaban J connectivity index is 2.08. The first-order valence-corrected chi connectivity index (χ1v) is 15.0. The van der Waals surface area contributed by atoms with Crippen LogP contribution in [-0.2, 0) is 25.7 Å². The number of hydrogen-bond donors (Lipinski definition) is 0. The zero-order chi connectivity index (χ0) is 30.3. The molecule has 0 aliphatic carbocycles. The number of amides is 1. The third-order valence-corrected chi connectivity index (χ3v) is 8.77. The average Bonchev–Trinajstić information content (AvgIpc) is 2.93. The summed E-state index contributed by atoms with van der Waals surface area (Å²) in [5, 5.41) is 10.6. The zero-order valence-corrected chi connectivity index (χ0v) is 25.5. The molecule has 0 bridgehead atoms. The quantitative estimate of drug-likeness (QED) is 0.0473. The molecule has 1 aliphatic rings. The lowest BCUT2D eigenvalue weighted by atomic mass is 9.94. The van der Waals surface area contributed by atoms with Gasteiger partial charge in [-0.05, 0) is 60.1 Å². The molecule has 12 heteroatoms. The SMILES string of the molecule is C=CCSC1C(CC)C(=O)N1C(C(=O)OCc1ccc([N+](=O)[O-])cc1)=C(Oc1ccc(Cl)cc1)SC(=O)C(C)(C)C. The first-order valence-electron chi connectivity index (χ1n) is 12.7. The first kappa shape index (κ1) is 32.2. The molecule has 9 nitrogen and oxygen atoms in total. The predicted octanol–water partition coefficient (Wildman–Crippen LogP) is 6.96. The van der Waals surface area contributed by atoms with Crippen LogP contribution in [0.3, 0.4) is 0 Å². The lowest BCUT2D eigenvalue weighted by molar-refractivity contribution is -0.384. The van der Waals surface area contributed by atoms with Gasteiger partial charge < -0.3 is 9.47 Å². The molecular formula is C29H31ClN2O7S2. The fourth-order valence-corrected chi connectivity index (χ4v) is 5.92. The van der Waals surface area contributed by atoms with Gasteiger partial charge in [-0.25, -0.2) is 4.79 Å². The molecule has 0 aromatic heterocycles. The molecule has 3 rings (SSSR count). The Hall–Kier alpha value is -3.28. The van der Waals surface area contributed by atoms with E-state index in [4.69, 9.17) is 21.1 Å². The van der Waals surface area contributed by atoms with Gasteiger partial charge in [-0.3, -0.25) is 24.6 Å². The summed E-state index contributed by atoms with van der Waals surface area (Å²) in [6.45, 7) is 10.6. The third kappa shape index (κ3) is 8.15. The number of thioether (sulfide) groups is 2. The van der Waals surface area contributed by atoms with E-state index in [2.05, 4.69) is 6.58 Å². The van der Waals surface area contributed by atoms with E-state index in [1.54, 1.807) is 51.1 Å². The number of non-ortho nitro benzene ring substituents is 1. The van der Waals surface area contributed by atoms with Crippen molar-refractivity contribution in [3.05, 3.63) is 92.7 Å². The van der Waals surface area contributed by atoms with Crippen LogP contribution < -0.4 is 4.74 Å². The van der Waals surface area contributed by atoms with Crippen molar-refractivity contribution in [2.24, 2.45) is 11.3 Å². The van der Waals surface area contributed by atoms with E-state index in [1.807, 2.05) is 6.92 Å². The van der Waals surface area contributed by atoms with Crippen molar-refractivity contribution in [2.75, 3.05) is 5.75 Å². The Bertz CT molecular complexity index is 1340. The Morgan fingerprint density at radius 3 is 2.32 bits per heavy atom. The van der Waals surface area contributed by atoms with E-state index in [-0.39, 0.29) is 40.0 Å². The van der Waals surface area contributed by atoms with Crippen LogP contribution in [-0.4, -0.2) is 37.9 Å². The maximum Gasteiger partial charge on any atom is 0.359 e. The number of carbonyl (C=O) groups is 3. The highest BCUT2D eigenvalue weighted by Gasteiger charge is 2.51. The highest BCUT2D eigenvalue weighted by Crippen LogP contribution is 2.43. The molecule has 2 aromatic carbocycles. The van der Waals surface area contributed by atoms with E-state index in [9.17, 15) is 24.5 Å². The van der Waals surface area contributed by atoms with Gasteiger partial charge in [0, 0.05) is 28.3 Å². The number of carbonyl (C=O) groups excluding carboxylic acids is 3. The molecule has 1 amide bonds. The van der Waals surface area contributed by atoms with E-state index in [0.29, 0.717) is 40.3 Å². The minimum atomic E-state index is -0.881. The van der Waals surface area contributed by atoms with Crippen molar-refractivity contribution >= 4 is 57.8 Å². The average molecular weight is 619 g/mol. The fourth-order valence-electron chi connectivity index (χ4n) is 3.67. The summed E-state index contributed by atoms with van der Waals surface area (Å²) in [6.07, 6.45) is 2.26. The number of esters is 1. The van der Waals surface area contributed by atoms with Gasteiger partial charge in [0.2, 0.25) is 11.0 Å². The number of hydrogen-bond acceptors (Lipinski definition) is 9. The van der Waals surface area contributed by atoms with Crippen LogP contribution >= 0.6 is 35.1 Å². The van der Waals surface area contributed by atoms with Crippen molar-refractivity contribution in [2.45, 2.75) is 46.1 Å². The van der Waals surface area contributed by atoms with Gasteiger partial charge in [0.25, 0.3) is 5.69 Å². The molecule has 218 valence electrons. The van der Waals surface area contributed by atoms with Crippen molar-refractivity contribution < 1.29 is 28.8 Å². The molecule has 1 heterocycles. The minimum absolute atomic E-state index is 0.102. The minimum Gasteiger partial charge on any atom is -0.456 e. The lowest BCUT2D eigenvalue weighted by Crippen LogP contribution is -2.59. The third-order valence-electron chi connectivity index (χ3n) is 5.94. The molecule has 1 fully saturated rings. The van der Waals surface area contributed by atoms with E-state index in [1.165, 1.54) is 40.9 Å². The molecule has 2 unspecified atom stereocenters. The molecule has 2 atom stereocenters. The van der Waals surface area contributed by atoms with Crippen LogP contribution in [0.25, 0.3) is 0 Å². The van der Waals surface area contributed by atoms with Crippen molar-refractivity contribution in [1.29, 1.82) is 0 Å². The van der Waals surface area contributed by atoms with Gasteiger partial charge in [-0.1, -0.05) is 45.4 Å². The molecule has 1 aliphatic heterocycles. The van der Waals surface area contributed by atoms with Crippen LogP contribution in [0.1, 0.15) is 39.7 Å². The molecule has 0 N–H and O–H groups in total. The van der Waals surface area contributed by atoms with Gasteiger partial charge in [-0.15, -0.1) is 18.3 Å². The summed E-state index contributed by atoms with van der Waals surface area (Å²) >= 11 is 8.18. The lowest BCUT2D eigenvalue weighted by Gasteiger charge is -2.46. The molecule has 41 heavy (non-hydrogen) atoms. The summed E-state index contributed by atoms with van der Waals surface area (Å²) in [5.41, 5.74) is -0.591. The number of ether oxygens (including phenoxy) is 2. The second-order valence-corrected chi connectivity index (χ2v) is 12.6. The number of rotatable bonds is 12. The largest absolute Gasteiger partial charge is 0.456 e. The van der Waals surface area contributed by atoms with Crippen LogP contribution in [0.2, 0.25) is 5.02 Å². The molecular weight excluding hydrogens is 588 g/mol. The number of nitro benzene ring substituents is 1. The smallest absolute Gasteiger partial charge is 0.359 e. The van der Waals surface area contributed by atoms with Gasteiger partial charge in [0.15, 0.2) is 10.8 Å². The summed E-state index contributed by atoms with van der Waals surface area (Å²) in [6, 6.07) is 11.9. The van der Waals surface area contributed by atoms with Crippen LogP contribution in [0.15, 0.2) is 72.0 Å². The second-order valence-electron chi connectivity index (χ2n) is 10.1. The Kier molecular flexibility index (Phi) is 11.1. The van der Waals surface area contributed by atoms with Crippen molar-refractivity contribution in [3.8, 4) is 5.75 Å². The van der Waals surface area contributed by atoms with Crippen LogP contribution in [0.5, 0.6) is 5.75 Å². The van der Waals surface area contributed by atoms with E-state index >= 15 is 0 Å². The molecule has 0 radical (unpaired) electrons. The normalized spacial score (nSPS) is 17.3. The maximum atomic E-state index is 13.8. The fraction of sp³-hybridized carbons (Fsp3) is 0.345. The first-order chi connectivity index (χ1) is 19.4. The van der Waals surface area contributed by atoms with Crippen molar-refractivity contribution in [1.82, 2.24) is 4.90 Å². The maximum absolute atomic E-state index is 13.8. The summed E-state index contributed by atoms with van der Waals surface area (Å²) in [7, 11) is 0. The number of β-lactam (4-membered cyclic amide) rings is 1. The molecule has 2 aromatic rings. The van der Waals surface area contributed by atoms with Gasteiger partial charge in [0.1, 0.15) is 12.4 Å². The summed E-state index contributed by atoms with van der Waals surface area (Å²) in [5.74, 6) is -0.699. The van der Waals surface area contributed by atoms with E-state index in [0.717, 1.165) is 0 Å². The monoisotopic (exact) mass is 618 g/mol. The van der Waals surface area contributed by atoms with Gasteiger partial charge in [0.05, 0.1) is 16.2 Å². The molecule has 0 saturated carbocycles. The Morgan fingerprint density at radius 2 is 1.78 bits per heavy atom. The number of benzene rings is 2. The van der Waals surface area contributed by atoms with Gasteiger partial charge >= 0.3 is 5.97 Å². The number of likely N-dealkylation sites (tertiary alicyclic amines) is 1. The molecule has 1 saturated heterocycles. The zero-order valence-electron chi connectivity index (χ0n) is 23.1. The Labute approximate surface area is 252 Å². The number of halogens is 1. The van der Waals surface area contributed by atoms with E-state index < -0.39 is 21.7 Å². The van der Waals surface area contributed by atoms with Crippen molar-refractivity contribution in [3.63, 3.8) is 0 Å². The number of nitrogens with zero attached hydrogens (tertiary/aromatic N) is 2. The standard InChI is InChI=1S/C29H31ClN2O7S2/c1-6-16-40-25-22(7-2)24(33)31(25)23(26(34)38-17-18-8-12-20(13-9-18)32(36)37)27(41-28(35)29(3,4)5)39-21-14-10-19(30)11-15-21/h6,8-15,22,25H,1,7,16-17H2,2-5H3. The summed E-state index contributed by atoms with van der Waals surface area (Å²) in [4.78, 5) is 52.1. The van der Waals surface area contributed by atoms with Crippen LogP contribution in [0, 0.1) is 21.4 Å². The Morgan fingerprint density at radius 1 is 1.15 bits per heavy atom. The second kappa shape index (κ2) is 14.1. The summed E-state index contributed by atoms with van der Waals surface area (Å²) < 4.78 is 11.7. The topological polar surface area (TPSA) is 116 Å². The van der Waals surface area contributed by atoms with Crippen LogP contribution in [0.4, 0.5) is 5.69 Å². The highest BCUT2D eigenvalue weighted by atomic mass is 35.5. The highest BCUT2D eigenvalue weighted by molar-refractivity contribution is 8.16. The molecule has 0 spiro atoms.